The first-order chi connectivity index (χ1) is 9.08. The molecule has 100 valence electrons. The molecule has 0 spiro atoms. The molecule has 0 aliphatic carbocycles. The second-order valence-corrected chi connectivity index (χ2v) is 4.09. The fourth-order valence-electron chi connectivity index (χ4n) is 1.85. The maximum atomic E-state index is 11.2. The summed E-state index contributed by atoms with van der Waals surface area (Å²) in [7, 11) is 0. The van der Waals surface area contributed by atoms with E-state index in [1.165, 1.54) is 6.33 Å². The smallest absolute Gasteiger partial charge is 0.339 e. The summed E-state index contributed by atoms with van der Waals surface area (Å²) in [5.41, 5.74) is 2.00. The Balaban J connectivity index is 2.12. The van der Waals surface area contributed by atoms with Gasteiger partial charge in [-0.05, 0) is 19.9 Å². The van der Waals surface area contributed by atoms with E-state index in [9.17, 15) is 9.90 Å². The van der Waals surface area contributed by atoms with Crippen LogP contribution in [0.1, 0.15) is 27.6 Å². The van der Waals surface area contributed by atoms with Gasteiger partial charge in [-0.2, -0.15) is 4.98 Å². The molecular formula is C12H14N4O3. The van der Waals surface area contributed by atoms with Gasteiger partial charge in [0.1, 0.15) is 5.56 Å². The molecule has 0 fully saturated rings. The molecule has 2 N–H and O–H groups in total. The summed E-state index contributed by atoms with van der Waals surface area (Å²) >= 11 is 0. The molecule has 2 heterocycles. The number of aromatic nitrogens is 3. The van der Waals surface area contributed by atoms with Crippen molar-refractivity contribution >= 4 is 11.7 Å². The van der Waals surface area contributed by atoms with Gasteiger partial charge < -0.3 is 14.9 Å². The van der Waals surface area contributed by atoms with Gasteiger partial charge in [-0.1, -0.05) is 5.16 Å². The SMILES string of the molecule is Cc1cc(NCCc2ncno2)c(C(=O)O)c(C)n1. The maximum absolute atomic E-state index is 11.2. The number of pyridine rings is 1. The zero-order valence-electron chi connectivity index (χ0n) is 10.7. The fourth-order valence-corrected chi connectivity index (χ4v) is 1.85. The Labute approximate surface area is 109 Å². The van der Waals surface area contributed by atoms with Crippen LogP contribution in [0, 0.1) is 13.8 Å². The minimum Gasteiger partial charge on any atom is -0.478 e. The average Bonchev–Trinajstić information content (AvgIpc) is 2.80. The highest BCUT2D eigenvalue weighted by Crippen LogP contribution is 2.19. The van der Waals surface area contributed by atoms with Crippen molar-refractivity contribution in [3.8, 4) is 0 Å². The zero-order valence-corrected chi connectivity index (χ0v) is 10.7. The summed E-state index contributed by atoms with van der Waals surface area (Å²) in [5, 5.41) is 15.8. The zero-order chi connectivity index (χ0) is 13.8. The highest BCUT2D eigenvalue weighted by Gasteiger charge is 2.15. The number of nitrogens with zero attached hydrogens (tertiary/aromatic N) is 3. The summed E-state index contributed by atoms with van der Waals surface area (Å²) in [4.78, 5) is 19.3. The van der Waals surface area contributed by atoms with Crippen LogP contribution in [0.4, 0.5) is 5.69 Å². The van der Waals surface area contributed by atoms with E-state index in [-0.39, 0.29) is 5.56 Å². The Morgan fingerprint density at radius 2 is 2.26 bits per heavy atom. The highest BCUT2D eigenvalue weighted by atomic mass is 16.5. The Morgan fingerprint density at radius 1 is 1.47 bits per heavy atom. The second-order valence-electron chi connectivity index (χ2n) is 4.09. The van der Waals surface area contributed by atoms with Gasteiger partial charge >= 0.3 is 5.97 Å². The number of hydrogen-bond acceptors (Lipinski definition) is 6. The number of aromatic carboxylic acids is 1. The molecule has 0 saturated carbocycles. The quantitative estimate of drug-likeness (QED) is 0.840. The van der Waals surface area contributed by atoms with Crippen molar-refractivity contribution in [2.75, 3.05) is 11.9 Å². The van der Waals surface area contributed by atoms with Crippen LogP contribution in [-0.2, 0) is 6.42 Å². The van der Waals surface area contributed by atoms with Crippen molar-refractivity contribution in [2.45, 2.75) is 20.3 Å². The Kier molecular flexibility index (Phi) is 3.74. The summed E-state index contributed by atoms with van der Waals surface area (Å²) in [5.74, 6) is -0.489. The van der Waals surface area contributed by atoms with E-state index in [4.69, 9.17) is 4.52 Å². The average molecular weight is 262 g/mol. The van der Waals surface area contributed by atoms with Gasteiger partial charge in [-0.25, -0.2) is 4.79 Å². The first kappa shape index (κ1) is 13.0. The monoisotopic (exact) mass is 262 g/mol. The number of rotatable bonds is 5. The van der Waals surface area contributed by atoms with E-state index in [0.717, 1.165) is 5.69 Å². The molecule has 2 rings (SSSR count). The molecule has 0 aromatic carbocycles. The fraction of sp³-hybridized carbons (Fsp3) is 0.333. The molecule has 0 aliphatic rings. The standard InChI is InChI=1S/C12H14N4O3/c1-7-5-9(11(12(17)18)8(2)16-7)13-4-3-10-14-6-15-19-10/h5-6H,3-4H2,1-2H3,(H,13,16)(H,17,18). The lowest BCUT2D eigenvalue weighted by Gasteiger charge is -2.11. The van der Waals surface area contributed by atoms with Gasteiger partial charge in [0.15, 0.2) is 6.33 Å². The van der Waals surface area contributed by atoms with Crippen molar-refractivity contribution in [2.24, 2.45) is 0 Å². The van der Waals surface area contributed by atoms with Crippen molar-refractivity contribution in [1.29, 1.82) is 0 Å². The summed E-state index contributed by atoms with van der Waals surface area (Å²) in [6, 6.07) is 1.71. The third kappa shape index (κ3) is 3.06. The first-order valence-electron chi connectivity index (χ1n) is 5.79. The number of hydrogen-bond donors (Lipinski definition) is 2. The Bertz CT molecular complexity index is 581. The number of nitrogens with one attached hydrogen (secondary N) is 1. The van der Waals surface area contributed by atoms with Crippen LogP contribution >= 0.6 is 0 Å². The van der Waals surface area contributed by atoms with E-state index in [1.807, 2.05) is 6.92 Å². The predicted octanol–water partition coefficient (Wildman–Crippen LogP) is 1.43. The topological polar surface area (TPSA) is 101 Å². The number of anilines is 1. The third-order valence-electron chi connectivity index (χ3n) is 2.60. The maximum Gasteiger partial charge on any atom is 0.339 e. The van der Waals surface area contributed by atoms with Crippen LogP contribution in [0.5, 0.6) is 0 Å². The van der Waals surface area contributed by atoms with E-state index >= 15 is 0 Å². The molecule has 0 saturated heterocycles. The number of carboxylic acids is 1. The minimum atomic E-state index is -0.995. The largest absolute Gasteiger partial charge is 0.478 e. The molecule has 0 radical (unpaired) electrons. The minimum absolute atomic E-state index is 0.191. The molecule has 19 heavy (non-hydrogen) atoms. The molecule has 2 aromatic rings. The van der Waals surface area contributed by atoms with Crippen molar-refractivity contribution in [1.82, 2.24) is 15.1 Å². The third-order valence-corrected chi connectivity index (χ3v) is 2.60. The van der Waals surface area contributed by atoms with E-state index in [0.29, 0.717) is 30.2 Å². The van der Waals surface area contributed by atoms with Crippen molar-refractivity contribution in [3.05, 3.63) is 35.2 Å². The second kappa shape index (κ2) is 5.47. The van der Waals surface area contributed by atoms with E-state index < -0.39 is 5.97 Å². The van der Waals surface area contributed by atoms with Crippen LogP contribution in [-0.4, -0.2) is 32.7 Å². The van der Waals surface area contributed by atoms with Gasteiger partial charge in [0, 0.05) is 18.7 Å². The molecule has 0 amide bonds. The van der Waals surface area contributed by atoms with Gasteiger partial charge in [-0.3, -0.25) is 4.98 Å². The van der Waals surface area contributed by atoms with Crippen LogP contribution in [0.2, 0.25) is 0 Å². The lowest BCUT2D eigenvalue weighted by Crippen LogP contribution is -2.12. The Morgan fingerprint density at radius 3 is 2.89 bits per heavy atom. The molecule has 0 bridgehead atoms. The summed E-state index contributed by atoms with van der Waals surface area (Å²) < 4.78 is 4.87. The van der Waals surface area contributed by atoms with Gasteiger partial charge in [-0.15, -0.1) is 0 Å². The van der Waals surface area contributed by atoms with Crippen molar-refractivity contribution in [3.63, 3.8) is 0 Å². The van der Waals surface area contributed by atoms with Crippen molar-refractivity contribution < 1.29 is 14.4 Å². The summed E-state index contributed by atoms with van der Waals surface area (Å²) in [6.45, 7) is 4.01. The number of aryl methyl sites for hydroxylation is 2. The molecule has 0 unspecified atom stereocenters. The Hall–Kier alpha value is -2.44. The van der Waals surface area contributed by atoms with Gasteiger partial charge in [0.2, 0.25) is 5.89 Å². The van der Waals surface area contributed by atoms with E-state index in [1.54, 1.807) is 13.0 Å². The van der Waals surface area contributed by atoms with Crippen LogP contribution in [0.3, 0.4) is 0 Å². The lowest BCUT2D eigenvalue weighted by atomic mass is 10.1. The van der Waals surface area contributed by atoms with Gasteiger partial charge in [0.25, 0.3) is 0 Å². The van der Waals surface area contributed by atoms with Crippen LogP contribution in [0.15, 0.2) is 16.9 Å². The van der Waals surface area contributed by atoms with Crippen LogP contribution < -0.4 is 5.32 Å². The van der Waals surface area contributed by atoms with E-state index in [2.05, 4.69) is 20.4 Å². The normalized spacial score (nSPS) is 10.4. The van der Waals surface area contributed by atoms with Gasteiger partial charge in [0.05, 0.1) is 11.4 Å². The van der Waals surface area contributed by atoms with Crippen LogP contribution in [0.25, 0.3) is 0 Å². The molecule has 7 nitrogen and oxygen atoms in total. The number of carbonyl (C=O) groups is 1. The molecular weight excluding hydrogens is 248 g/mol. The molecule has 2 aromatic heterocycles. The predicted molar refractivity (Wildman–Crippen MR) is 67.2 cm³/mol. The first-order valence-corrected chi connectivity index (χ1v) is 5.79. The molecule has 0 aliphatic heterocycles. The molecule has 0 atom stereocenters. The highest BCUT2D eigenvalue weighted by molar-refractivity contribution is 5.95. The number of carboxylic acid groups (broad SMARTS) is 1. The molecule has 7 heteroatoms. The lowest BCUT2D eigenvalue weighted by molar-refractivity contribution is 0.0696. The summed E-state index contributed by atoms with van der Waals surface area (Å²) in [6.07, 6.45) is 1.86.